The van der Waals surface area contributed by atoms with Crippen LogP contribution in [0.3, 0.4) is 0 Å². The average molecular weight is 235 g/mol. The summed E-state index contributed by atoms with van der Waals surface area (Å²) < 4.78 is 13.1. The van der Waals surface area contributed by atoms with E-state index in [-0.39, 0.29) is 5.82 Å². The Bertz CT molecular complexity index is 594. The molecule has 0 atom stereocenters. The number of halogens is 1. The highest BCUT2D eigenvalue weighted by Crippen LogP contribution is 2.24. The zero-order valence-electron chi connectivity index (χ0n) is 8.38. The Morgan fingerprint density at radius 3 is 2.82 bits per heavy atom. The average Bonchev–Trinajstić information content (AvgIpc) is 2.78. The maximum Gasteiger partial charge on any atom is 0.305 e. The number of hydrogen-bond acceptors (Lipinski definition) is 4. The van der Waals surface area contributed by atoms with Crippen LogP contribution >= 0.6 is 0 Å². The van der Waals surface area contributed by atoms with Gasteiger partial charge < -0.3 is 4.98 Å². The van der Waals surface area contributed by atoms with Gasteiger partial charge in [-0.1, -0.05) is 0 Å². The highest BCUT2D eigenvalue weighted by Gasteiger charge is 2.15. The van der Waals surface area contributed by atoms with Gasteiger partial charge in [0.05, 0.1) is 16.8 Å². The molecule has 0 aliphatic carbocycles. The van der Waals surface area contributed by atoms with Gasteiger partial charge in [0.25, 0.3) is 0 Å². The summed E-state index contributed by atoms with van der Waals surface area (Å²) in [6.07, 6.45) is 1.86. The molecular formula is C10H6FN3O3. The Morgan fingerprint density at radius 1 is 1.47 bits per heavy atom. The minimum atomic E-state index is -0.908. The Balaban J connectivity index is 2.49. The summed E-state index contributed by atoms with van der Waals surface area (Å²) in [7, 11) is 0. The third-order valence-corrected chi connectivity index (χ3v) is 2.16. The minimum absolute atomic E-state index is 0.104. The lowest BCUT2D eigenvalue weighted by molar-refractivity contribution is -0.387. The van der Waals surface area contributed by atoms with Gasteiger partial charge in [-0.15, -0.1) is 0 Å². The summed E-state index contributed by atoms with van der Waals surface area (Å²) in [6, 6.07) is 3.44. The normalized spacial score (nSPS) is 10.2. The lowest BCUT2D eigenvalue weighted by atomic mass is 10.1. The number of carbonyl (C=O) groups is 1. The number of imidazole rings is 1. The quantitative estimate of drug-likeness (QED) is 0.500. The van der Waals surface area contributed by atoms with Gasteiger partial charge in [-0.05, 0) is 12.1 Å². The summed E-state index contributed by atoms with van der Waals surface area (Å²) in [4.78, 5) is 26.5. The molecule has 1 heterocycles. The molecule has 0 unspecified atom stereocenters. The Labute approximate surface area is 94.3 Å². The van der Waals surface area contributed by atoms with Gasteiger partial charge >= 0.3 is 5.69 Å². The molecule has 0 amide bonds. The number of carbonyl (C=O) groups excluding carboxylic acids is 1. The van der Waals surface area contributed by atoms with Crippen molar-refractivity contribution in [1.82, 2.24) is 9.97 Å². The second-order valence-electron chi connectivity index (χ2n) is 3.22. The summed E-state index contributed by atoms with van der Waals surface area (Å²) in [5.41, 5.74) is 0.179. The number of nitrogens with one attached hydrogen (secondary N) is 1. The number of nitro groups is 1. The molecule has 1 aromatic carbocycles. The Kier molecular flexibility index (Phi) is 2.65. The highest BCUT2D eigenvalue weighted by atomic mass is 19.1. The zero-order valence-corrected chi connectivity index (χ0v) is 8.38. The fraction of sp³-hybridized carbons (Fsp3) is 0. The van der Waals surface area contributed by atoms with Crippen molar-refractivity contribution in [2.45, 2.75) is 0 Å². The topological polar surface area (TPSA) is 88.9 Å². The van der Waals surface area contributed by atoms with E-state index < -0.39 is 16.4 Å². The molecule has 0 bridgehead atoms. The van der Waals surface area contributed by atoms with E-state index in [9.17, 15) is 19.3 Å². The fourth-order valence-corrected chi connectivity index (χ4v) is 1.36. The molecule has 0 radical (unpaired) electrons. The molecule has 0 aliphatic rings. The van der Waals surface area contributed by atoms with E-state index in [1.54, 1.807) is 0 Å². The Hall–Kier alpha value is -2.57. The summed E-state index contributed by atoms with van der Waals surface area (Å²) in [6.45, 7) is 0. The van der Waals surface area contributed by atoms with Gasteiger partial charge in [0.2, 0.25) is 5.82 Å². The van der Waals surface area contributed by atoms with Gasteiger partial charge in [0.15, 0.2) is 12.1 Å². The molecule has 17 heavy (non-hydrogen) atoms. The van der Waals surface area contributed by atoms with Gasteiger partial charge in [-0.3, -0.25) is 14.9 Å². The molecule has 1 N–H and O–H groups in total. The van der Waals surface area contributed by atoms with E-state index in [4.69, 9.17) is 0 Å². The van der Waals surface area contributed by atoms with Crippen LogP contribution in [0, 0.1) is 15.9 Å². The van der Waals surface area contributed by atoms with E-state index >= 15 is 0 Å². The maximum absolute atomic E-state index is 13.1. The van der Waals surface area contributed by atoms with Crippen molar-refractivity contribution in [2.75, 3.05) is 0 Å². The molecule has 0 saturated heterocycles. The molecule has 7 heteroatoms. The molecular weight excluding hydrogens is 229 g/mol. The number of aldehydes is 1. The van der Waals surface area contributed by atoms with Crippen molar-refractivity contribution in [3.05, 3.63) is 46.2 Å². The van der Waals surface area contributed by atoms with E-state index in [1.807, 2.05) is 0 Å². The molecule has 86 valence electrons. The largest absolute Gasteiger partial charge is 0.336 e. The molecule has 0 spiro atoms. The van der Waals surface area contributed by atoms with E-state index in [2.05, 4.69) is 9.97 Å². The number of aromatic amines is 1. The first-order valence-corrected chi connectivity index (χ1v) is 4.56. The molecule has 6 nitrogen and oxygen atoms in total. The van der Waals surface area contributed by atoms with Crippen molar-refractivity contribution < 1.29 is 14.1 Å². The van der Waals surface area contributed by atoms with E-state index in [0.29, 0.717) is 17.5 Å². The number of H-pyrrole nitrogens is 1. The molecule has 0 aliphatic heterocycles. The third-order valence-electron chi connectivity index (χ3n) is 2.16. The van der Waals surface area contributed by atoms with Crippen LogP contribution in [0.15, 0.2) is 24.4 Å². The predicted molar refractivity (Wildman–Crippen MR) is 56.0 cm³/mol. The number of hydrogen-bond donors (Lipinski definition) is 1. The number of aromatic nitrogens is 2. The molecule has 1 aromatic heterocycles. The Morgan fingerprint density at radius 2 is 2.24 bits per heavy atom. The molecule has 0 fully saturated rings. The maximum atomic E-state index is 13.1. The van der Waals surface area contributed by atoms with E-state index in [0.717, 1.165) is 12.1 Å². The number of nitro benzene ring substituents is 1. The lowest BCUT2D eigenvalue weighted by Gasteiger charge is -1.98. The molecule has 2 aromatic rings. The van der Waals surface area contributed by atoms with Crippen molar-refractivity contribution in [3.8, 4) is 11.3 Å². The zero-order chi connectivity index (χ0) is 12.4. The smallest absolute Gasteiger partial charge is 0.305 e. The molecule has 0 saturated carbocycles. The van der Waals surface area contributed by atoms with Gasteiger partial charge in [-0.25, -0.2) is 4.98 Å². The highest BCUT2D eigenvalue weighted by molar-refractivity contribution is 5.72. The second-order valence-corrected chi connectivity index (χ2v) is 3.22. The first-order chi connectivity index (χ1) is 8.11. The van der Waals surface area contributed by atoms with Crippen LogP contribution in [0.2, 0.25) is 0 Å². The van der Waals surface area contributed by atoms with Crippen molar-refractivity contribution in [3.63, 3.8) is 0 Å². The van der Waals surface area contributed by atoms with Crippen molar-refractivity contribution in [2.24, 2.45) is 0 Å². The predicted octanol–water partition coefficient (Wildman–Crippen LogP) is 1.94. The molecule has 2 rings (SSSR count). The van der Waals surface area contributed by atoms with Gasteiger partial charge in [0.1, 0.15) is 0 Å². The number of benzene rings is 1. The standard InChI is InChI=1S/C10H6FN3O3/c11-7-2-1-6(3-9(7)14(16)17)8-4-12-10(5-15)13-8/h1-5H,(H,12,13). The summed E-state index contributed by atoms with van der Waals surface area (Å²) in [5.74, 6) is -0.805. The second kappa shape index (κ2) is 4.12. The van der Waals surface area contributed by atoms with Crippen LogP contribution in [0.1, 0.15) is 10.6 Å². The van der Waals surface area contributed by atoms with Crippen LogP contribution in [0.4, 0.5) is 10.1 Å². The van der Waals surface area contributed by atoms with Crippen molar-refractivity contribution in [1.29, 1.82) is 0 Å². The minimum Gasteiger partial charge on any atom is -0.336 e. The first kappa shape index (κ1) is 10.9. The lowest BCUT2D eigenvalue weighted by Crippen LogP contribution is -1.93. The SMILES string of the molecule is O=Cc1ncc(-c2ccc(F)c([N+](=O)[O-])c2)[nH]1. The van der Waals surface area contributed by atoms with Crippen molar-refractivity contribution >= 4 is 12.0 Å². The summed E-state index contributed by atoms with van der Waals surface area (Å²) in [5, 5.41) is 10.6. The van der Waals surface area contributed by atoms with E-state index in [1.165, 1.54) is 12.3 Å². The number of rotatable bonds is 3. The van der Waals surface area contributed by atoms with Gasteiger partial charge in [0, 0.05) is 11.6 Å². The van der Waals surface area contributed by atoms with Crippen LogP contribution in [0.25, 0.3) is 11.3 Å². The summed E-state index contributed by atoms with van der Waals surface area (Å²) >= 11 is 0. The monoisotopic (exact) mass is 235 g/mol. The fourth-order valence-electron chi connectivity index (χ4n) is 1.36. The van der Waals surface area contributed by atoms with Crippen LogP contribution in [0.5, 0.6) is 0 Å². The van der Waals surface area contributed by atoms with Crippen LogP contribution < -0.4 is 0 Å². The van der Waals surface area contributed by atoms with Crippen LogP contribution in [-0.4, -0.2) is 21.2 Å². The van der Waals surface area contributed by atoms with Gasteiger partial charge in [-0.2, -0.15) is 4.39 Å². The number of nitrogens with zero attached hydrogens (tertiary/aromatic N) is 2. The third kappa shape index (κ3) is 2.03. The first-order valence-electron chi connectivity index (χ1n) is 4.56. The van der Waals surface area contributed by atoms with Crippen LogP contribution in [-0.2, 0) is 0 Å².